The molecule has 0 radical (unpaired) electrons. The molecule has 0 aliphatic rings. The Morgan fingerprint density at radius 2 is 2.00 bits per heavy atom. The van der Waals surface area contributed by atoms with Gasteiger partial charge in [0.2, 0.25) is 0 Å². The molecular weight excluding hydrogens is 248 g/mol. The molecular formula is C17H26N2O. The molecule has 110 valence electrons. The second kappa shape index (κ2) is 7.46. The Labute approximate surface area is 122 Å². The van der Waals surface area contributed by atoms with E-state index in [1.807, 2.05) is 18.2 Å². The van der Waals surface area contributed by atoms with Crippen LogP contribution in [0.3, 0.4) is 0 Å². The molecule has 3 nitrogen and oxygen atoms in total. The Kier molecular flexibility index (Phi) is 5.62. The van der Waals surface area contributed by atoms with Gasteiger partial charge >= 0.3 is 0 Å². The van der Waals surface area contributed by atoms with Crippen molar-refractivity contribution in [3.63, 3.8) is 0 Å². The molecule has 0 spiro atoms. The first kappa shape index (κ1) is 15.1. The normalized spacial score (nSPS) is 11.8. The van der Waals surface area contributed by atoms with Gasteiger partial charge in [0.15, 0.2) is 0 Å². The summed E-state index contributed by atoms with van der Waals surface area (Å²) in [6, 6.07) is 10.9. The fourth-order valence-electron chi connectivity index (χ4n) is 2.20. The number of fused-ring (bicyclic) bond motifs is 1. The van der Waals surface area contributed by atoms with Gasteiger partial charge in [-0.3, -0.25) is 0 Å². The average Bonchev–Trinajstić information content (AvgIpc) is 2.84. The maximum absolute atomic E-state index is 5.77. The molecule has 0 unspecified atom stereocenters. The Morgan fingerprint density at radius 3 is 2.75 bits per heavy atom. The zero-order chi connectivity index (χ0) is 14.4. The van der Waals surface area contributed by atoms with Gasteiger partial charge in [-0.25, -0.2) is 0 Å². The van der Waals surface area contributed by atoms with E-state index in [2.05, 4.69) is 43.2 Å². The monoisotopic (exact) mass is 274 g/mol. The highest BCUT2D eigenvalue weighted by molar-refractivity contribution is 5.77. The number of nitrogens with one attached hydrogen (secondary N) is 1. The van der Waals surface area contributed by atoms with Gasteiger partial charge in [0, 0.05) is 11.4 Å². The maximum Gasteiger partial charge on any atom is 0.134 e. The number of rotatable bonds is 8. The first-order valence-electron chi connectivity index (χ1n) is 7.55. The van der Waals surface area contributed by atoms with E-state index in [1.165, 1.54) is 24.8 Å². The molecule has 1 heterocycles. The number of para-hydroxylation sites is 1. The van der Waals surface area contributed by atoms with Crippen molar-refractivity contribution in [1.82, 2.24) is 10.2 Å². The number of unbranched alkanes of at least 4 members (excludes halogenated alkanes) is 1. The highest BCUT2D eigenvalue weighted by atomic mass is 16.3. The van der Waals surface area contributed by atoms with Crippen molar-refractivity contribution in [2.24, 2.45) is 0 Å². The zero-order valence-electron chi connectivity index (χ0n) is 12.9. The Hall–Kier alpha value is -1.32. The number of benzene rings is 1. The van der Waals surface area contributed by atoms with Crippen LogP contribution in [0.4, 0.5) is 0 Å². The Morgan fingerprint density at radius 1 is 1.20 bits per heavy atom. The minimum Gasteiger partial charge on any atom is -0.460 e. The number of nitrogens with zero attached hydrogens (tertiary/aromatic N) is 1. The summed E-state index contributed by atoms with van der Waals surface area (Å²) in [6.07, 6.45) is 2.44. The summed E-state index contributed by atoms with van der Waals surface area (Å²) in [5.41, 5.74) is 0.975. The van der Waals surface area contributed by atoms with Crippen molar-refractivity contribution in [2.45, 2.75) is 39.3 Å². The predicted octanol–water partition coefficient (Wildman–Crippen LogP) is 3.64. The van der Waals surface area contributed by atoms with Gasteiger partial charge in [-0.2, -0.15) is 0 Å². The van der Waals surface area contributed by atoms with Crippen LogP contribution < -0.4 is 5.32 Å². The molecule has 3 heteroatoms. The number of hydrogen-bond donors (Lipinski definition) is 1. The van der Waals surface area contributed by atoms with E-state index in [0.29, 0.717) is 6.04 Å². The summed E-state index contributed by atoms with van der Waals surface area (Å²) in [7, 11) is 2.19. The van der Waals surface area contributed by atoms with Crippen LogP contribution in [0.25, 0.3) is 11.0 Å². The van der Waals surface area contributed by atoms with Crippen molar-refractivity contribution >= 4 is 11.0 Å². The highest BCUT2D eigenvalue weighted by Gasteiger charge is 2.03. The van der Waals surface area contributed by atoms with E-state index in [4.69, 9.17) is 4.42 Å². The van der Waals surface area contributed by atoms with Crippen molar-refractivity contribution < 1.29 is 4.42 Å². The molecule has 20 heavy (non-hydrogen) atoms. The lowest BCUT2D eigenvalue weighted by Crippen LogP contribution is -2.27. The molecule has 0 bridgehead atoms. The van der Waals surface area contributed by atoms with Crippen LogP contribution in [-0.4, -0.2) is 31.1 Å². The van der Waals surface area contributed by atoms with Gasteiger partial charge in [-0.1, -0.05) is 18.2 Å². The van der Waals surface area contributed by atoms with Gasteiger partial charge < -0.3 is 14.6 Å². The molecule has 1 N–H and O–H groups in total. The Bertz CT molecular complexity index is 485. The third kappa shape index (κ3) is 4.36. The van der Waals surface area contributed by atoms with E-state index in [1.54, 1.807) is 0 Å². The quantitative estimate of drug-likeness (QED) is 0.745. The zero-order valence-corrected chi connectivity index (χ0v) is 12.9. The largest absolute Gasteiger partial charge is 0.460 e. The third-order valence-electron chi connectivity index (χ3n) is 3.77. The molecule has 0 saturated heterocycles. The number of furan rings is 1. The topological polar surface area (TPSA) is 28.4 Å². The summed E-state index contributed by atoms with van der Waals surface area (Å²) in [4.78, 5) is 2.39. The average molecular weight is 274 g/mol. The van der Waals surface area contributed by atoms with Crippen molar-refractivity contribution in [1.29, 1.82) is 0 Å². The predicted molar refractivity (Wildman–Crippen MR) is 84.9 cm³/mol. The molecule has 0 amide bonds. The molecule has 1 aromatic carbocycles. The van der Waals surface area contributed by atoms with Crippen molar-refractivity contribution in [3.8, 4) is 0 Å². The summed E-state index contributed by atoms with van der Waals surface area (Å²) in [6.45, 7) is 7.50. The van der Waals surface area contributed by atoms with Crippen molar-refractivity contribution in [2.75, 3.05) is 20.1 Å². The minimum absolute atomic E-state index is 0.638. The SMILES string of the molecule is CC(C)N(C)CCCCNCc1cc2ccccc2o1. The van der Waals surface area contributed by atoms with Crippen LogP contribution in [0, 0.1) is 0 Å². The van der Waals surface area contributed by atoms with Crippen LogP contribution in [0.15, 0.2) is 34.7 Å². The standard InChI is InChI=1S/C17H26N2O/c1-14(2)19(3)11-7-6-10-18-13-16-12-15-8-4-5-9-17(15)20-16/h4-5,8-9,12,14,18H,6-7,10-11,13H2,1-3H3. The highest BCUT2D eigenvalue weighted by Crippen LogP contribution is 2.18. The number of hydrogen-bond acceptors (Lipinski definition) is 3. The van der Waals surface area contributed by atoms with Crippen LogP contribution in [0.2, 0.25) is 0 Å². The van der Waals surface area contributed by atoms with E-state index >= 15 is 0 Å². The van der Waals surface area contributed by atoms with Gasteiger partial charge in [-0.05, 0) is 59.0 Å². The molecule has 0 atom stereocenters. The lowest BCUT2D eigenvalue weighted by Gasteiger charge is -2.20. The summed E-state index contributed by atoms with van der Waals surface area (Å²) >= 11 is 0. The van der Waals surface area contributed by atoms with Gasteiger partial charge in [0.25, 0.3) is 0 Å². The van der Waals surface area contributed by atoms with Gasteiger partial charge in [0.1, 0.15) is 11.3 Å². The van der Waals surface area contributed by atoms with Crippen LogP contribution in [0.1, 0.15) is 32.4 Å². The van der Waals surface area contributed by atoms with Crippen molar-refractivity contribution in [3.05, 3.63) is 36.1 Å². The van der Waals surface area contributed by atoms with E-state index in [0.717, 1.165) is 24.4 Å². The van der Waals surface area contributed by atoms with Crippen LogP contribution in [-0.2, 0) is 6.54 Å². The first-order chi connectivity index (χ1) is 9.66. The maximum atomic E-state index is 5.77. The second-order valence-corrected chi connectivity index (χ2v) is 5.71. The van der Waals surface area contributed by atoms with Crippen LogP contribution in [0.5, 0.6) is 0 Å². The van der Waals surface area contributed by atoms with E-state index in [9.17, 15) is 0 Å². The molecule has 0 aliphatic heterocycles. The second-order valence-electron chi connectivity index (χ2n) is 5.71. The molecule has 0 saturated carbocycles. The molecule has 0 aliphatic carbocycles. The van der Waals surface area contributed by atoms with E-state index in [-0.39, 0.29) is 0 Å². The summed E-state index contributed by atoms with van der Waals surface area (Å²) in [5, 5.41) is 4.64. The third-order valence-corrected chi connectivity index (χ3v) is 3.77. The summed E-state index contributed by atoms with van der Waals surface area (Å²) < 4.78 is 5.77. The molecule has 2 aromatic rings. The molecule has 1 aromatic heterocycles. The molecule has 0 fully saturated rings. The van der Waals surface area contributed by atoms with Crippen LogP contribution >= 0.6 is 0 Å². The lowest BCUT2D eigenvalue weighted by atomic mass is 10.2. The lowest BCUT2D eigenvalue weighted by molar-refractivity contribution is 0.268. The first-order valence-corrected chi connectivity index (χ1v) is 7.55. The fraction of sp³-hybridized carbons (Fsp3) is 0.529. The fourth-order valence-corrected chi connectivity index (χ4v) is 2.20. The van der Waals surface area contributed by atoms with Gasteiger partial charge in [-0.15, -0.1) is 0 Å². The van der Waals surface area contributed by atoms with Gasteiger partial charge in [0.05, 0.1) is 6.54 Å². The summed E-state index contributed by atoms with van der Waals surface area (Å²) in [5.74, 6) is 1.02. The van der Waals surface area contributed by atoms with E-state index < -0.39 is 0 Å². The minimum atomic E-state index is 0.638. The Balaban J connectivity index is 1.64. The smallest absolute Gasteiger partial charge is 0.134 e. The molecule has 2 rings (SSSR count).